The Labute approximate surface area is 188 Å². The number of hydrogen-bond donors (Lipinski definition) is 1. The second-order valence-corrected chi connectivity index (χ2v) is 9.92. The van der Waals surface area contributed by atoms with E-state index in [0.29, 0.717) is 31.3 Å². The maximum atomic E-state index is 12.7. The molecule has 2 aliphatic heterocycles. The van der Waals surface area contributed by atoms with E-state index in [-0.39, 0.29) is 23.0 Å². The van der Waals surface area contributed by atoms with Gasteiger partial charge < -0.3 is 19.5 Å². The van der Waals surface area contributed by atoms with Crippen LogP contribution >= 0.6 is 0 Å². The fraction of sp³-hybridized carbons (Fsp3) is 0.435. The second-order valence-electron chi connectivity index (χ2n) is 7.81. The lowest BCUT2D eigenvalue weighted by atomic mass is 10.1. The van der Waals surface area contributed by atoms with Gasteiger partial charge in [-0.15, -0.1) is 0 Å². The molecule has 0 bridgehead atoms. The Hall–Kier alpha value is -2.62. The van der Waals surface area contributed by atoms with Gasteiger partial charge >= 0.3 is 0 Å². The van der Waals surface area contributed by atoms with Crippen molar-refractivity contribution in [2.45, 2.75) is 24.4 Å². The van der Waals surface area contributed by atoms with Crippen LogP contribution in [0.4, 0.5) is 0 Å². The Morgan fingerprint density at radius 3 is 2.44 bits per heavy atom. The van der Waals surface area contributed by atoms with Crippen molar-refractivity contribution < 1.29 is 27.4 Å². The molecule has 0 atom stereocenters. The average molecular weight is 461 g/mol. The summed E-state index contributed by atoms with van der Waals surface area (Å²) >= 11 is 0. The maximum absolute atomic E-state index is 12.7. The molecule has 2 aromatic carbocycles. The zero-order valence-electron chi connectivity index (χ0n) is 17.9. The van der Waals surface area contributed by atoms with Crippen molar-refractivity contribution >= 4 is 15.7 Å². The number of rotatable bonds is 8. The van der Waals surface area contributed by atoms with E-state index in [4.69, 9.17) is 14.2 Å². The van der Waals surface area contributed by atoms with E-state index in [1.807, 2.05) is 18.2 Å². The minimum absolute atomic E-state index is 0.109. The minimum Gasteiger partial charge on any atom is -0.486 e. The summed E-state index contributed by atoms with van der Waals surface area (Å²) in [5.41, 5.74) is 2.18. The summed E-state index contributed by atoms with van der Waals surface area (Å²) < 4.78 is 41.6. The number of ether oxygens (including phenoxy) is 3. The molecular formula is C23H28N2O6S. The summed E-state index contributed by atoms with van der Waals surface area (Å²) in [6.45, 7) is 5.22. The number of carbonyl (C=O) groups excluding carboxylic acids is 1. The van der Waals surface area contributed by atoms with Gasteiger partial charge in [0.2, 0.25) is 5.91 Å². The van der Waals surface area contributed by atoms with Crippen LogP contribution < -0.4 is 14.8 Å². The Morgan fingerprint density at radius 1 is 0.938 bits per heavy atom. The minimum atomic E-state index is -3.61. The molecule has 1 fully saturated rings. The highest BCUT2D eigenvalue weighted by Crippen LogP contribution is 2.32. The molecule has 1 saturated heterocycles. The first-order chi connectivity index (χ1) is 15.5. The van der Waals surface area contributed by atoms with Crippen LogP contribution in [0.3, 0.4) is 0 Å². The van der Waals surface area contributed by atoms with Gasteiger partial charge in [-0.05, 0) is 23.3 Å². The third kappa shape index (κ3) is 5.79. The maximum Gasteiger partial charge on any atom is 0.221 e. The normalized spacial score (nSPS) is 16.5. The molecule has 4 rings (SSSR count). The smallest absolute Gasteiger partial charge is 0.221 e. The van der Waals surface area contributed by atoms with E-state index in [2.05, 4.69) is 16.3 Å². The number of fused-ring (bicyclic) bond motifs is 1. The molecule has 32 heavy (non-hydrogen) atoms. The number of amides is 1. The summed E-state index contributed by atoms with van der Waals surface area (Å²) in [4.78, 5) is 14.8. The molecular weight excluding hydrogens is 432 g/mol. The van der Waals surface area contributed by atoms with E-state index in [1.165, 1.54) is 12.1 Å². The first-order valence-electron chi connectivity index (χ1n) is 10.8. The fourth-order valence-electron chi connectivity index (χ4n) is 3.73. The summed E-state index contributed by atoms with van der Waals surface area (Å²) in [5, 5.41) is 2.86. The molecule has 0 spiro atoms. The first-order valence-corrected chi connectivity index (χ1v) is 12.4. The van der Waals surface area contributed by atoms with Gasteiger partial charge in [0, 0.05) is 38.7 Å². The van der Waals surface area contributed by atoms with Gasteiger partial charge in [0.05, 0.1) is 23.9 Å². The average Bonchev–Trinajstić information content (AvgIpc) is 2.82. The van der Waals surface area contributed by atoms with Gasteiger partial charge in [-0.25, -0.2) is 8.42 Å². The zero-order chi connectivity index (χ0) is 22.4. The van der Waals surface area contributed by atoms with Crippen LogP contribution in [0, 0.1) is 0 Å². The Morgan fingerprint density at radius 2 is 1.66 bits per heavy atom. The Kier molecular flexibility index (Phi) is 7.29. The molecule has 8 nitrogen and oxygen atoms in total. The van der Waals surface area contributed by atoms with Crippen molar-refractivity contribution in [1.82, 2.24) is 10.2 Å². The van der Waals surface area contributed by atoms with Gasteiger partial charge in [0.1, 0.15) is 13.2 Å². The number of benzene rings is 2. The molecule has 0 saturated carbocycles. The molecule has 9 heteroatoms. The number of carbonyl (C=O) groups is 1. The van der Waals surface area contributed by atoms with Crippen LogP contribution in [0.15, 0.2) is 47.4 Å². The fourth-order valence-corrected chi connectivity index (χ4v) is 4.98. The largest absolute Gasteiger partial charge is 0.486 e. The molecule has 1 N–H and O–H groups in total. The third-order valence-corrected chi connectivity index (χ3v) is 7.28. The molecule has 0 radical (unpaired) electrons. The van der Waals surface area contributed by atoms with E-state index in [0.717, 1.165) is 44.0 Å². The van der Waals surface area contributed by atoms with Gasteiger partial charge in [0.25, 0.3) is 0 Å². The highest BCUT2D eigenvalue weighted by atomic mass is 32.2. The topological polar surface area (TPSA) is 94.2 Å². The summed E-state index contributed by atoms with van der Waals surface area (Å²) in [7, 11) is -3.61. The van der Waals surface area contributed by atoms with Crippen molar-refractivity contribution in [3.05, 3.63) is 53.6 Å². The third-order valence-electron chi connectivity index (χ3n) is 5.56. The van der Waals surface area contributed by atoms with Crippen molar-refractivity contribution in [2.75, 3.05) is 45.3 Å². The molecule has 2 aromatic rings. The van der Waals surface area contributed by atoms with Crippen LogP contribution in [0.25, 0.3) is 0 Å². The van der Waals surface area contributed by atoms with Crippen molar-refractivity contribution in [1.29, 1.82) is 0 Å². The van der Waals surface area contributed by atoms with Crippen LogP contribution in [0.2, 0.25) is 0 Å². The summed E-state index contributed by atoms with van der Waals surface area (Å²) in [6, 6.07) is 12.5. The summed E-state index contributed by atoms with van der Waals surface area (Å²) in [5.74, 6) is 0.378. The van der Waals surface area contributed by atoms with Crippen LogP contribution in [-0.4, -0.2) is 64.5 Å². The predicted molar refractivity (Wildman–Crippen MR) is 118 cm³/mol. The first kappa shape index (κ1) is 22.6. The molecule has 0 aliphatic carbocycles. The van der Waals surface area contributed by atoms with Gasteiger partial charge in [-0.1, -0.05) is 24.3 Å². The number of sulfone groups is 1. The standard InChI is InChI=1S/C23H28N2O6S/c26-23(7-14-32(27,28)20-5-6-21-22(15-20)31-13-12-30-21)24-16-18-3-1-2-4-19(18)17-25-8-10-29-11-9-25/h1-6,15H,7-14,16-17H2,(H,24,26). The monoisotopic (exact) mass is 460 g/mol. The lowest BCUT2D eigenvalue weighted by Crippen LogP contribution is -2.36. The molecule has 172 valence electrons. The van der Waals surface area contributed by atoms with Crippen molar-refractivity contribution in [3.63, 3.8) is 0 Å². The molecule has 1 amide bonds. The second kappa shape index (κ2) is 10.3. The predicted octanol–water partition coefficient (Wildman–Crippen LogP) is 1.77. The van der Waals surface area contributed by atoms with Crippen LogP contribution in [0.5, 0.6) is 11.5 Å². The van der Waals surface area contributed by atoms with E-state index >= 15 is 0 Å². The lowest BCUT2D eigenvalue weighted by molar-refractivity contribution is -0.120. The van der Waals surface area contributed by atoms with Gasteiger partial charge in [0.15, 0.2) is 21.3 Å². The zero-order valence-corrected chi connectivity index (χ0v) is 18.7. The molecule has 0 unspecified atom stereocenters. The Bertz CT molecular complexity index is 1050. The lowest BCUT2D eigenvalue weighted by Gasteiger charge is -2.27. The van der Waals surface area contributed by atoms with E-state index < -0.39 is 9.84 Å². The van der Waals surface area contributed by atoms with Gasteiger partial charge in [-0.2, -0.15) is 0 Å². The van der Waals surface area contributed by atoms with Crippen LogP contribution in [-0.2, 0) is 32.5 Å². The molecule has 2 heterocycles. The quantitative estimate of drug-likeness (QED) is 0.642. The van der Waals surface area contributed by atoms with Crippen molar-refractivity contribution in [3.8, 4) is 11.5 Å². The number of morpholine rings is 1. The van der Waals surface area contributed by atoms with E-state index in [1.54, 1.807) is 6.07 Å². The molecule has 0 aromatic heterocycles. The molecule has 2 aliphatic rings. The highest BCUT2D eigenvalue weighted by Gasteiger charge is 2.21. The number of hydrogen-bond acceptors (Lipinski definition) is 7. The van der Waals surface area contributed by atoms with Gasteiger partial charge in [-0.3, -0.25) is 9.69 Å². The highest BCUT2D eigenvalue weighted by molar-refractivity contribution is 7.91. The number of nitrogens with one attached hydrogen (secondary N) is 1. The summed E-state index contributed by atoms with van der Waals surface area (Å²) in [6.07, 6.45) is -0.109. The SMILES string of the molecule is O=C(CCS(=O)(=O)c1ccc2c(c1)OCCO2)NCc1ccccc1CN1CCOCC1. The Balaban J connectivity index is 1.31. The van der Waals surface area contributed by atoms with Crippen molar-refractivity contribution in [2.24, 2.45) is 0 Å². The van der Waals surface area contributed by atoms with E-state index in [9.17, 15) is 13.2 Å². The van der Waals surface area contributed by atoms with Crippen LogP contribution in [0.1, 0.15) is 17.5 Å². The number of nitrogens with zero attached hydrogens (tertiary/aromatic N) is 1.